The van der Waals surface area contributed by atoms with Crippen LogP contribution in [0.15, 0.2) is 35.2 Å². The number of ether oxygens (including phenoxy) is 3. The zero-order valence-corrected chi connectivity index (χ0v) is 19.3. The Morgan fingerprint density at radius 2 is 1.65 bits per heavy atom. The van der Waals surface area contributed by atoms with Crippen molar-refractivity contribution in [2.24, 2.45) is 0 Å². The van der Waals surface area contributed by atoms with E-state index in [0.29, 0.717) is 22.8 Å². The maximum absolute atomic E-state index is 12.7. The Kier molecular flexibility index (Phi) is 7.77. The van der Waals surface area contributed by atoms with Crippen LogP contribution in [0.2, 0.25) is 5.02 Å². The van der Waals surface area contributed by atoms with Gasteiger partial charge in [-0.2, -0.15) is 0 Å². The average Bonchev–Trinajstić information content (AvgIpc) is 2.71. The van der Waals surface area contributed by atoms with Crippen LogP contribution in [0.5, 0.6) is 17.2 Å². The van der Waals surface area contributed by atoms with Gasteiger partial charge in [0.25, 0.3) is 5.91 Å². The molecule has 11 heteroatoms. The average molecular weight is 473 g/mol. The van der Waals surface area contributed by atoms with Crippen LogP contribution in [0.3, 0.4) is 0 Å². The Morgan fingerprint density at radius 1 is 1.06 bits per heavy atom. The van der Waals surface area contributed by atoms with E-state index < -0.39 is 21.5 Å². The van der Waals surface area contributed by atoms with Gasteiger partial charge in [0.1, 0.15) is 5.60 Å². The van der Waals surface area contributed by atoms with Crippen LogP contribution in [0.4, 0.5) is 5.69 Å². The van der Waals surface area contributed by atoms with Crippen molar-refractivity contribution in [3.63, 3.8) is 0 Å². The normalized spacial score (nSPS) is 11.7. The van der Waals surface area contributed by atoms with Crippen molar-refractivity contribution < 1.29 is 32.5 Å². The molecule has 31 heavy (non-hydrogen) atoms. The lowest BCUT2D eigenvalue weighted by Crippen LogP contribution is -2.36. The summed E-state index contributed by atoms with van der Waals surface area (Å²) in [6.07, 6.45) is 0. The lowest BCUT2D eigenvalue weighted by Gasteiger charge is -2.17. The summed E-state index contributed by atoms with van der Waals surface area (Å²) in [5.41, 5.74) is -0.855. The van der Waals surface area contributed by atoms with Crippen molar-refractivity contribution >= 4 is 33.2 Å². The highest BCUT2D eigenvalue weighted by Gasteiger charge is 2.25. The summed E-state index contributed by atoms with van der Waals surface area (Å²) in [4.78, 5) is 11.8. The van der Waals surface area contributed by atoms with E-state index in [4.69, 9.17) is 25.8 Å². The summed E-state index contributed by atoms with van der Waals surface area (Å²) in [5, 5.41) is 12.2. The van der Waals surface area contributed by atoms with Gasteiger partial charge in [0.05, 0.1) is 36.9 Å². The molecule has 3 N–H and O–H groups in total. The fourth-order valence-corrected chi connectivity index (χ4v) is 3.87. The molecule has 0 saturated heterocycles. The van der Waals surface area contributed by atoms with Crippen molar-refractivity contribution in [2.75, 3.05) is 26.6 Å². The lowest BCUT2D eigenvalue weighted by atomic mass is 10.1. The van der Waals surface area contributed by atoms with Gasteiger partial charge in [0.2, 0.25) is 15.8 Å². The summed E-state index contributed by atoms with van der Waals surface area (Å²) < 4.78 is 43.7. The molecule has 0 atom stereocenters. The molecule has 0 heterocycles. The van der Waals surface area contributed by atoms with E-state index in [1.807, 2.05) is 0 Å². The molecule has 9 nitrogen and oxygen atoms in total. The molecule has 0 aliphatic carbocycles. The topological polar surface area (TPSA) is 123 Å². The summed E-state index contributed by atoms with van der Waals surface area (Å²) in [5.74, 6) is 0.509. The number of carbonyl (C=O) groups is 1. The smallest absolute Gasteiger partial charge is 0.255 e. The number of aliphatic hydroxyl groups is 1. The van der Waals surface area contributed by atoms with Gasteiger partial charge in [0.15, 0.2) is 11.5 Å². The second-order valence-corrected chi connectivity index (χ2v) is 9.19. The minimum atomic E-state index is -3.92. The molecule has 2 aromatic carbocycles. The number of halogens is 1. The van der Waals surface area contributed by atoms with Gasteiger partial charge in [0, 0.05) is 6.54 Å². The van der Waals surface area contributed by atoms with E-state index in [1.165, 1.54) is 53.4 Å². The third kappa shape index (κ3) is 6.01. The molecule has 0 unspecified atom stereocenters. The van der Waals surface area contributed by atoms with Crippen molar-refractivity contribution in [3.8, 4) is 17.2 Å². The first-order valence-corrected chi connectivity index (χ1v) is 10.9. The number of sulfonamides is 1. The number of carbonyl (C=O) groups excluding carboxylic acids is 1. The van der Waals surface area contributed by atoms with Crippen molar-refractivity contribution in [1.29, 1.82) is 0 Å². The third-order valence-electron chi connectivity index (χ3n) is 4.25. The first-order valence-electron chi connectivity index (χ1n) is 9.05. The Bertz CT molecular complexity index is 1040. The first-order chi connectivity index (χ1) is 14.4. The van der Waals surface area contributed by atoms with Gasteiger partial charge >= 0.3 is 0 Å². The molecule has 170 valence electrons. The lowest BCUT2D eigenvalue weighted by molar-refractivity contribution is -0.130. The Morgan fingerprint density at radius 3 is 2.10 bits per heavy atom. The maximum Gasteiger partial charge on any atom is 0.255 e. The monoisotopic (exact) mass is 472 g/mol. The molecule has 0 radical (unpaired) electrons. The van der Waals surface area contributed by atoms with Crippen LogP contribution in [-0.2, 0) is 21.4 Å². The van der Waals surface area contributed by atoms with E-state index in [1.54, 1.807) is 12.1 Å². The van der Waals surface area contributed by atoms with Crippen molar-refractivity contribution in [1.82, 2.24) is 4.72 Å². The molecule has 0 spiro atoms. The molecule has 0 bridgehead atoms. The van der Waals surface area contributed by atoms with Crippen LogP contribution in [-0.4, -0.2) is 46.4 Å². The van der Waals surface area contributed by atoms with Gasteiger partial charge in [-0.3, -0.25) is 4.79 Å². The highest BCUT2D eigenvalue weighted by Crippen LogP contribution is 2.38. The number of methoxy groups -OCH3 is 3. The van der Waals surface area contributed by atoms with Crippen molar-refractivity contribution in [3.05, 3.63) is 40.9 Å². The SMILES string of the molecule is COc1cc(CNS(=O)(=O)c2ccc(NC(=O)C(C)(C)O)c(Cl)c2)cc(OC)c1OC. The first kappa shape index (κ1) is 24.7. The zero-order valence-electron chi connectivity index (χ0n) is 17.8. The van der Waals surface area contributed by atoms with Crippen molar-refractivity contribution in [2.45, 2.75) is 30.9 Å². The largest absolute Gasteiger partial charge is 0.493 e. The van der Waals surface area contributed by atoms with E-state index in [2.05, 4.69) is 10.0 Å². The fraction of sp³-hybridized carbons (Fsp3) is 0.350. The Labute approximate surface area is 186 Å². The molecule has 0 aliphatic rings. The van der Waals surface area contributed by atoms with Crippen LogP contribution in [0, 0.1) is 0 Å². The van der Waals surface area contributed by atoms with Crippen LogP contribution in [0.25, 0.3) is 0 Å². The summed E-state index contributed by atoms with van der Waals surface area (Å²) in [7, 11) is 0.481. The summed E-state index contributed by atoms with van der Waals surface area (Å²) in [6, 6.07) is 7.11. The predicted molar refractivity (Wildman–Crippen MR) is 117 cm³/mol. The van der Waals surface area contributed by atoms with Gasteiger partial charge in [-0.25, -0.2) is 13.1 Å². The number of hydrogen-bond donors (Lipinski definition) is 3. The molecular weight excluding hydrogens is 448 g/mol. The van der Waals surface area contributed by atoms with Crippen LogP contribution < -0.4 is 24.2 Å². The molecule has 2 rings (SSSR count). The third-order valence-corrected chi connectivity index (χ3v) is 5.96. The molecule has 0 fully saturated rings. The molecule has 1 amide bonds. The number of rotatable bonds is 9. The highest BCUT2D eigenvalue weighted by atomic mass is 35.5. The number of nitrogens with one attached hydrogen (secondary N) is 2. The van der Waals surface area contributed by atoms with Crippen LogP contribution in [0.1, 0.15) is 19.4 Å². The van der Waals surface area contributed by atoms with E-state index in [9.17, 15) is 18.3 Å². The molecule has 0 aliphatic heterocycles. The number of amides is 1. The maximum atomic E-state index is 12.7. The highest BCUT2D eigenvalue weighted by molar-refractivity contribution is 7.89. The van der Waals surface area contributed by atoms with Gasteiger partial charge in [-0.05, 0) is 49.7 Å². The molecule has 2 aromatic rings. The molecule has 0 saturated carbocycles. The minimum Gasteiger partial charge on any atom is -0.493 e. The van der Waals surface area contributed by atoms with E-state index >= 15 is 0 Å². The minimum absolute atomic E-state index is 0.00765. The Balaban J connectivity index is 2.22. The molecule has 0 aromatic heterocycles. The van der Waals surface area contributed by atoms with Crippen LogP contribution >= 0.6 is 11.6 Å². The van der Waals surface area contributed by atoms with E-state index in [-0.39, 0.29) is 22.2 Å². The van der Waals surface area contributed by atoms with E-state index in [0.717, 1.165) is 0 Å². The quantitative estimate of drug-likeness (QED) is 0.512. The Hall–Kier alpha value is -2.53. The fourth-order valence-electron chi connectivity index (χ4n) is 2.54. The predicted octanol–water partition coefficient (Wildman–Crippen LogP) is 2.55. The van der Waals surface area contributed by atoms with Gasteiger partial charge in [-0.1, -0.05) is 11.6 Å². The number of hydrogen-bond acceptors (Lipinski definition) is 7. The molecular formula is C20H25ClN2O7S. The second-order valence-electron chi connectivity index (χ2n) is 7.01. The summed E-state index contributed by atoms with van der Waals surface area (Å²) in [6.45, 7) is 2.60. The van der Waals surface area contributed by atoms with Gasteiger partial charge in [-0.15, -0.1) is 0 Å². The second kappa shape index (κ2) is 9.73. The summed E-state index contributed by atoms with van der Waals surface area (Å²) >= 11 is 6.12. The zero-order chi connectivity index (χ0) is 23.4. The number of benzene rings is 2. The standard InChI is InChI=1S/C20H25ClN2O7S/c1-20(2,25)19(24)23-15-7-6-13(10-14(15)21)31(26,27)22-11-12-8-16(28-3)18(30-5)17(9-12)29-4/h6-10,22,25H,11H2,1-5H3,(H,23,24). The number of anilines is 1. The van der Waals surface area contributed by atoms with Gasteiger partial charge < -0.3 is 24.6 Å².